The number of hydrogen-bond acceptors (Lipinski definition) is 7. The van der Waals surface area contributed by atoms with Gasteiger partial charge < -0.3 is 23.7 Å². The minimum absolute atomic E-state index is 0.111. The van der Waals surface area contributed by atoms with Gasteiger partial charge >= 0.3 is 5.63 Å². The van der Waals surface area contributed by atoms with Crippen molar-refractivity contribution in [2.24, 2.45) is 0 Å². The standard InChI is InChI=1S/C17H14O7/c1-21-9-4-10-14(13-8(19)5-22-17(13)23-10)15-12(9)6-2-3-7(18)11(6)16(20)24-15/h4,8,13,17,19H,2-3,5H2,1H3/t8-,13+,17+/m1/s1. The van der Waals surface area contributed by atoms with Gasteiger partial charge in [-0.05, 0) is 12.0 Å². The maximum absolute atomic E-state index is 12.3. The van der Waals surface area contributed by atoms with E-state index in [1.807, 2.05) is 0 Å². The molecule has 24 heavy (non-hydrogen) atoms. The molecule has 0 radical (unpaired) electrons. The molecule has 3 heterocycles. The number of carbonyl (C=O) groups excluding carboxylic acids is 1. The third-order valence-electron chi connectivity index (χ3n) is 5.06. The molecular formula is C17H14O7. The molecule has 0 saturated carbocycles. The molecule has 7 heteroatoms. The summed E-state index contributed by atoms with van der Waals surface area (Å²) in [5.74, 6) is 0.321. The van der Waals surface area contributed by atoms with E-state index in [9.17, 15) is 14.7 Å². The van der Waals surface area contributed by atoms with Crippen molar-refractivity contribution in [2.75, 3.05) is 13.7 Å². The van der Waals surface area contributed by atoms with Crippen molar-refractivity contribution in [3.05, 3.63) is 33.2 Å². The first-order valence-electron chi connectivity index (χ1n) is 7.80. The molecule has 2 aromatic rings. The zero-order chi connectivity index (χ0) is 16.6. The van der Waals surface area contributed by atoms with Gasteiger partial charge in [-0.1, -0.05) is 0 Å². The molecule has 0 bridgehead atoms. The Labute approximate surface area is 135 Å². The van der Waals surface area contributed by atoms with E-state index in [1.54, 1.807) is 6.07 Å². The average molecular weight is 330 g/mol. The second-order valence-electron chi connectivity index (χ2n) is 6.27. The Kier molecular flexibility index (Phi) is 2.67. The SMILES string of the molecule is COc1cc2c(c3oc(=O)c4c(c13)CCC4=O)[C@H]1[C@@H](OC[C@H]1O)O2. The minimum atomic E-state index is -0.743. The molecule has 0 spiro atoms. The molecule has 2 aliphatic heterocycles. The quantitative estimate of drug-likeness (QED) is 0.783. The van der Waals surface area contributed by atoms with Crippen LogP contribution in [0.4, 0.5) is 0 Å². The molecule has 3 aliphatic rings. The summed E-state index contributed by atoms with van der Waals surface area (Å²) in [5, 5.41) is 10.8. The topological polar surface area (TPSA) is 95.2 Å². The molecule has 1 aromatic carbocycles. The van der Waals surface area contributed by atoms with Gasteiger partial charge in [0, 0.05) is 12.5 Å². The molecule has 0 unspecified atom stereocenters. The lowest BCUT2D eigenvalue weighted by Crippen LogP contribution is -2.20. The van der Waals surface area contributed by atoms with Crippen LogP contribution in [0.15, 0.2) is 15.3 Å². The fraction of sp³-hybridized carbons (Fsp3) is 0.412. The Balaban J connectivity index is 1.91. The molecule has 1 aromatic heterocycles. The molecule has 1 N–H and O–H groups in total. The number of methoxy groups -OCH3 is 1. The van der Waals surface area contributed by atoms with E-state index in [2.05, 4.69) is 0 Å². The number of carbonyl (C=O) groups is 1. The van der Waals surface area contributed by atoms with Crippen LogP contribution in [-0.4, -0.2) is 37.0 Å². The summed E-state index contributed by atoms with van der Waals surface area (Å²) in [4.78, 5) is 24.4. The van der Waals surface area contributed by atoms with Crippen molar-refractivity contribution in [3.8, 4) is 11.5 Å². The van der Waals surface area contributed by atoms with E-state index < -0.39 is 23.9 Å². The van der Waals surface area contributed by atoms with Crippen LogP contribution in [0, 0.1) is 0 Å². The Hall–Kier alpha value is -2.38. The lowest BCUT2D eigenvalue weighted by Gasteiger charge is -2.14. The number of Topliss-reactive ketones (excluding diaryl/α,β-unsaturated/α-hetero) is 1. The number of benzene rings is 1. The lowest BCUT2D eigenvalue weighted by atomic mass is 9.92. The fourth-order valence-electron chi connectivity index (χ4n) is 4.02. The minimum Gasteiger partial charge on any atom is -0.496 e. The summed E-state index contributed by atoms with van der Waals surface area (Å²) in [6.45, 7) is 0.163. The summed E-state index contributed by atoms with van der Waals surface area (Å²) in [6, 6.07) is 1.70. The summed E-state index contributed by atoms with van der Waals surface area (Å²) < 4.78 is 22.1. The molecule has 1 aliphatic carbocycles. The highest BCUT2D eigenvalue weighted by atomic mass is 16.7. The van der Waals surface area contributed by atoms with Crippen molar-refractivity contribution in [3.63, 3.8) is 0 Å². The maximum Gasteiger partial charge on any atom is 0.347 e. The van der Waals surface area contributed by atoms with Crippen LogP contribution < -0.4 is 15.1 Å². The smallest absolute Gasteiger partial charge is 0.347 e. The number of rotatable bonds is 1. The largest absolute Gasteiger partial charge is 0.496 e. The highest BCUT2D eigenvalue weighted by Gasteiger charge is 2.48. The number of aliphatic hydroxyl groups is 1. The van der Waals surface area contributed by atoms with Gasteiger partial charge in [0.05, 0.1) is 36.7 Å². The van der Waals surface area contributed by atoms with Crippen LogP contribution in [-0.2, 0) is 11.2 Å². The molecule has 1 fully saturated rings. The van der Waals surface area contributed by atoms with Gasteiger partial charge in [0.25, 0.3) is 0 Å². The van der Waals surface area contributed by atoms with Crippen molar-refractivity contribution in [1.29, 1.82) is 0 Å². The van der Waals surface area contributed by atoms with Gasteiger partial charge in [-0.15, -0.1) is 0 Å². The van der Waals surface area contributed by atoms with Crippen molar-refractivity contribution in [1.82, 2.24) is 0 Å². The number of aliphatic hydroxyl groups excluding tert-OH is 1. The second kappa shape index (κ2) is 4.58. The number of hydrogen-bond donors (Lipinski definition) is 1. The molecule has 0 amide bonds. The predicted octanol–water partition coefficient (Wildman–Crippen LogP) is 1.12. The van der Waals surface area contributed by atoms with E-state index in [0.717, 1.165) is 0 Å². The molecule has 3 atom stereocenters. The molecule has 7 nitrogen and oxygen atoms in total. The summed E-state index contributed by atoms with van der Waals surface area (Å²) >= 11 is 0. The lowest BCUT2D eigenvalue weighted by molar-refractivity contribution is -0.0348. The van der Waals surface area contributed by atoms with Crippen molar-refractivity contribution >= 4 is 16.8 Å². The van der Waals surface area contributed by atoms with E-state index in [4.69, 9.17) is 18.6 Å². The first kappa shape index (κ1) is 14.0. The first-order chi connectivity index (χ1) is 11.6. The normalized spacial score (nSPS) is 27.1. The Bertz CT molecular complexity index is 958. The number of aryl methyl sites for hydroxylation is 1. The maximum atomic E-state index is 12.3. The van der Waals surface area contributed by atoms with Crippen LogP contribution in [0.1, 0.15) is 33.8 Å². The predicted molar refractivity (Wildman–Crippen MR) is 80.8 cm³/mol. The zero-order valence-corrected chi connectivity index (χ0v) is 12.8. The summed E-state index contributed by atoms with van der Waals surface area (Å²) in [5.41, 5.74) is 1.05. The monoisotopic (exact) mass is 330 g/mol. The number of ether oxygens (including phenoxy) is 3. The summed E-state index contributed by atoms with van der Waals surface area (Å²) in [6.07, 6.45) is -0.591. The second-order valence-corrected chi connectivity index (χ2v) is 6.27. The van der Waals surface area contributed by atoms with Crippen LogP contribution >= 0.6 is 0 Å². The third kappa shape index (κ3) is 1.58. The van der Waals surface area contributed by atoms with Gasteiger partial charge in [-0.3, -0.25) is 4.79 Å². The van der Waals surface area contributed by atoms with Gasteiger partial charge in [-0.2, -0.15) is 0 Å². The van der Waals surface area contributed by atoms with Gasteiger partial charge in [0.2, 0.25) is 6.29 Å². The molecule has 1 saturated heterocycles. The highest BCUT2D eigenvalue weighted by molar-refractivity contribution is 6.06. The number of ketones is 1. The van der Waals surface area contributed by atoms with E-state index in [-0.39, 0.29) is 24.4 Å². The van der Waals surface area contributed by atoms with E-state index >= 15 is 0 Å². The van der Waals surface area contributed by atoms with Crippen molar-refractivity contribution in [2.45, 2.75) is 31.2 Å². The molecule has 5 rings (SSSR count). The highest BCUT2D eigenvalue weighted by Crippen LogP contribution is 2.51. The van der Waals surface area contributed by atoms with E-state index in [1.165, 1.54) is 7.11 Å². The first-order valence-corrected chi connectivity index (χ1v) is 7.80. The van der Waals surface area contributed by atoms with Gasteiger partial charge in [-0.25, -0.2) is 4.79 Å². The van der Waals surface area contributed by atoms with Crippen LogP contribution in [0.3, 0.4) is 0 Å². The number of fused-ring (bicyclic) bond motifs is 7. The van der Waals surface area contributed by atoms with Crippen molar-refractivity contribution < 1.29 is 28.5 Å². The molecule has 124 valence electrons. The Morgan fingerprint density at radius 2 is 2.12 bits per heavy atom. The Morgan fingerprint density at radius 3 is 2.92 bits per heavy atom. The summed E-state index contributed by atoms with van der Waals surface area (Å²) in [7, 11) is 1.51. The van der Waals surface area contributed by atoms with Crippen LogP contribution in [0.2, 0.25) is 0 Å². The third-order valence-corrected chi connectivity index (χ3v) is 5.06. The Morgan fingerprint density at radius 1 is 1.29 bits per heavy atom. The van der Waals surface area contributed by atoms with Gasteiger partial charge in [0.15, 0.2) is 5.78 Å². The fourth-order valence-corrected chi connectivity index (χ4v) is 4.02. The molecular weight excluding hydrogens is 316 g/mol. The van der Waals surface area contributed by atoms with E-state index in [0.29, 0.717) is 40.0 Å². The zero-order valence-electron chi connectivity index (χ0n) is 12.8. The van der Waals surface area contributed by atoms with Crippen LogP contribution in [0.5, 0.6) is 11.5 Å². The average Bonchev–Trinajstić information content (AvgIpc) is 3.22. The van der Waals surface area contributed by atoms with Gasteiger partial charge in [0.1, 0.15) is 22.6 Å². The van der Waals surface area contributed by atoms with Crippen LogP contribution in [0.25, 0.3) is 11.0 Å².